The SMILES string of the molecule is Cc1cc(C)cc(S(=O)(=O)NCC2(N)CCCCCC2)c1. The molecule has 3 N–H and O–H groups in total. The second kappa shape index (κ2) is 6.46. The smallest absolute Gasteiger partial charge is 0.240 e. The van der Waals surface area contributed by atoms with Crippen LogP contribution in [0.5, 0.6) is 0 Å². The molecule has 0 bridgehead atoms. The highest BCUT2D eigenvalue weighted by Gasteiger charge is 2.28. The van der Waals surface area contributed by atoms with Gasteiger partial charge in [0.1, 0.15) is 0 Å². The van der Waals surface area contributed by atoms with E-state index in [0.717, 1.165) is 36.8 Å². The molecule has 0 aliphatic heterocycles. The third-order valence-electron chi connectivity index (χ3n) is 4.22. The van der Waals surface area contributed by atoms with Crippen LogP contribution in [0.15, 0.2) is 23.1 Å². The summed E-state index contributed by atoms with van der Waals surface area (Å²) >= 11 is 0. The zero-order chi connectivity index (χ0) is 15.5. The number of sulfonamides is 1. The molecule has 118 valence electrons. The lowest BCUT2D eigenvalue weighted by atomic mass is 9.92. The Kier molecular flexibility index (Phi) is 5.07. The van der Waals surface area contributed by atoms with Gasteiger partial charge in [-0.1, -0.05) is 31.7 Å². The summed E-state index contributed by atoms with van der Waals surface area (Å²) in [7, 11) is -3.48. The number of benzene rings is 1. The number of nitrogens with one attached hydrogen (secondary N) is 1. The summed E-state index contributed by atoms with van der Waals surface area (Å²) in [4.78, 5) is 0.331. The molecule has 1 aliphatic carbocycles. The Hall–Kier alpha value is -0.910. The van der Waals surface area contributed by atoms with Crippen molar-refractivity contribution in [3.05, 3.63) is 29.3 Å². The lowest BCUT2D eigenvalue weighted by Crippen LogP contribution is -2.49. The van der Waals surface area contributed by atoms with Crippen molar-refractivity contribution in [1.29, 1.82) is 0 Å². The van der Waals surface area contributed by atoms with Crippen molar-refractivity contribution in [3.63, 3.8) is 0 Å². The van der Waals surface area contributed by atoms with Crippen molar-refractivity contribution in [2.24, 2.45) is 5.73 Å². The van der Waals surface area contributed by atoms with Gasteiger partial charge in [-0.3, -0.25) is 0 Å². The Bertz CT molecular complexity index is 568. The van der Waals surface area contributed by atoms with Crippen LogP contribution in [0, 0.1) is 13.8 Å². The maximum absolute atomic E-state index is 12.4. The first-order valence-electron chi connectivity index (χ1n) is 7.68. The summed E-state index contributed by atoms with van der Waals surface area (Å²) in [6, 6.07) is 5.37. The highest BCUT2D eigenvalue weighted by Crippen LogP contribution is 2.25. The molecule has 0 saturated heterocycles. The minimum absolute atomic E-state index is 0.322. The fraction of sp³-hybridized carbons (Fsp3) is 0.625. The molecule has 0 spiro atoms. The van der Waals surface area contributed by atoms with E-state index in [2.05, 4.69) is 4.72 Å². The number of nitrogens with two attached hydrogens (primary N) is 1. The maximum Gasteiger partial charge on any atom is 0.240 e. The molecule has 0 unspecified atom stereocenters. The van der Waals surface area contributed by atoms with Crippen LogP contribution in [0.4, 0.5) is 0 Å². The second-order valence-electron chi connectivity index (χ2n) is 6.42. The molecule has 1 aliphatic rings. The predicted molar refractivity (Wildman–Crippen MR) is 85.7 cm³/mol. The van der Waals surface area contributed by atoms with Gasteiger partial charge in [-0.2, -0.15) is 0 Å². The molecule has 1 aromatic carbocycles. The van der Waals surface area contributed by atoms with Crippen molar-refractivity contribution in [1.82, 2.24) is 4.72 Å². The zero-order valence-electron chi connectivity index (χ0n) is 13.0. The van der Waals surface area contributed by atoms with Crippen LogP contribution in [0.25, 0.3) is 0 Å². The minimum atomic E-state index is -3.48. The van der Waals surface area contributed by atoms with E-state index in [1.54, 1.807) is 12.1 Å². The molecule has 1 aromatic rings. The summed E-state index contributed by atoms with van der Waals surface area (Å²) in [6.45, 7) is 4.13. The Balaban J connectivity index is 2.10. The second-order valence-corrected chi connectivity index (χ2v) is 8.19. The lowest BCUT2D eigenvalue weighted by molar-refractivity contribution is 0.369. The third-order valence-corrected chi connectivity index (χ3v) is 5.60. The van der Waals surface area contributed by atoms with E-state index < -0.39 is 15.6 Å². The van der Waals surface area contributed by atoms with Gasteiger partial charge >= 0.3 is 0 Å². The summed E-state index contributed by atoms with van der Waals surface area (Å²) in [6.07, 6.45) is 6.35. The van der Waals surface area contributed by atoms with Gasteiger partial charge in [0.25, 0.3) is 0 Å². The molecular weight excluding hydrogens is 284 g/mol. The van der Waals surface area contributed by atoms with Crippen LogP contribution in [-0.2, 0) is 10.0 Å². The normalized spacial score (nSPS) is 19.2. The summed E-state index contributed by atoms with van der Waals surface area (Å²) in [5, 5.41) is 0. The van der Waals surface area contributed by atoms with Crippen LogP contribution in [0.3, 0.4) is 0 Å². The van der Waals surface area contributed by atoms with E-state index in [4.69, 9.17) is 5.73 Å². The van der Waals surface area contributed by atoms with Gasteiger partial charge in [0, 0.05) is 12.1 Å². The van der Waals surface area contributed by atoms with Gasteiger partial charge in [-0.15, -0.1) is 0 Å². The van der Waals surface area contributed by atoms with E-state index >= 15 is 0 Å². The quantitative estimate of drug-likeness (QED) is 0.840. The first-order chi connectivity index (χ1) is 9.81. The van der Waals surface area contributed by atoms with Gasteiger partial charge in [-0.25, -0.2) is 13.1 Å². The fourth-order valence-corrected chi connectivity index (χ4v) is 4.35. The highest BCUT2D eigenvalue weighted by molar-refractivity contribution is 7.89. The van der Waals surface area contributed by atoms with Crippen molar-refractivity contribution >= 4 is 10.0 Å². The molecule has 0 heterocycles. The van der Waals surface area contributed by atoms with Crippen LogP contribution in [-0.4, -0.2) is 20.5 Å². The van der Waals surface area contributed by atoms with Crippen LogP contribution in [0.2, 0.25) is 0 Å². The monoisotopic (exact) mass is 310 g/mol. The van der Waals surface area contributed by atoms with E-state index in [1.807, 2.05) is 19.9 Å². The Morgan fingerprint density at radius 2 is 1.57 bits per heavy atom. The Labute approximate surface area is 128 Å². The summed E-state index contributed by atoms with van der Waals surface area (Å²) in [5.74, 6) is 0. The molecule has 0 atom stereocenters. The number of rotatable bonds is 4. The first kappa shape index (κ1) is 16.5. The average molecular weight is 310 g/mol. The first-order valence-corrected chi connectivity index (χ1v) is 9.16. The topological polar surface area (TPSA) is 72.2 Å². The van der Waals surface area contributed by atoms with E-state index in [-0.39, 0.29) is 0 Å². The van der Waals surface area contributed by atoms with Crippen molar-refractivity contribution in [2.75, 3.05) is 6.54 Å². The molecular formula is C16H26N2O2S. The Morgan fingerprint density at radius 3 is 2.10 bits per heavy atom. The molecule has 5 heteroatoms. The lowest BCUT2D eigenvalue weighted by Gasteiger charge is -2.28. The van der Waals surface area contributed by atoms with Gasteiger partial charge in [-0.05, 0) is 49.9 Å². The van der Waals surface area contributed by atoms with Gasteiger partial charge in [0.05, 0.1) is 4.90 Å². The molecule has 0 amide bonds. The minimum Gasteiger partial charge on any atom is -0.324 e. The van der Waals surface area contributed by atoms with E-state index in [9.17, 15) is 8.42 Å². The largest absolute Gasteiger partial charge is 0.324 e. The van der Waals surface area contributed by atoms with Gasteiger partial charge in [0.2, 0.25) is 10.0 Å². The predicted octanol–water partition coefficient (Wildman–Crippen LogP) is 2.63. The third kappa shape index (κ3) is 4.53. The standard InChI is InChI=1S/C16H26N2O2S/c1-13-9-14(2)11-15(10-13)21(19,20)18-12-16(17)7-5-3-4-6-8-16/h9-11,18H,3-8,12,17H2,1-2H3. The fourth-order valence-electron chi connectivity index (χ4n) is 3.02. The molecule has 0 aromatic heterocycles. The highest BCUT2D eigenvalue weighted by atomic mass is 32.2. The van der Waals surface area contributed by atoms with E-state index in [0.29, 0.717) is 11.4 Å². The van der Waals surface area contributed by atoms with E-state index in [1.165, 1.54) is 12.8 Å². The number of hydrogen-bond donors (Lipinski definition) is 2. The number of aryl methyl sites for hydroxylation is 2. The zero-order valence-corrected chi connectivity index (χ0v) is 13.8. The molecule has 1 saturated carbocycles. The van der Waals surface area contributed by atoms with Crippen molar-refractivity contribution in [3.8, 4) is 0 Å². The molecule has 21 heavy (non-hydrogen) atoms. The van der Waals surface area contributed by atoms with Crippen LogP contribution >= 0.6 is 0 Å². The number of hydrogen-bond acceptors (Lipinski definition) is 3. The maximum atomic E-state index is 12.4. The molecule has 1 fully saturated rings. The molecule has 4 nitrogen and oxygen atoms in total. The summed E-state index contributed by atoms with van der Waals surface area (Å²) in [5.41, 5.74) is 7.88. The van der Waals surface area contributed by atoms with Crippen LogP contribution < -0.4 is 10.5 Å². The van der Waals surface area contributed by atoms with Crippen molar-refractivity contribution in [2.45, 2.75) is 62.8 Å². The van der Waals surface area contributed by atoms with Gasteiger partial charge in [0.15, 0.2) is 0 Å². The molecule has 2 rings (SSSR count). The molecule has 0 radical (unpaired) electrons. The summed E-state index contributed by atoms with van der Waals surface area (Å²) < 4.78 is 27.6. The average Bonchev–Trinajstić information content (AvgIpc) is 2.61. The Morgan fingerprint density at radius 1 is 1.05 bits per heavy atom. The van der Waals surface area contributed by atoms with Crippen LogP contribution in [0.1, 0.15) is 49.7 Å². The van der Waals surface area contributed by atoms with Crippen molar-refractivity contribution < 1.29 is 8.42 Å². The van der Waals surface area contributed by atoms with Gasteiger partial charge < -0.3 is 5.73 Å².